The Hall–Kier alpha value is -3.02. The molecule has 1 heterocycles. The van der Waals surface area contributed by atoms with Crippen molar-refractivity contribution in [3.63, 3.8) is 0 Å². The number of hydrogen-bond acceptors (Lipinski definition) is 5. The maximum Gasteiger partial charge on any atom is 0.311 e. The number of carbonyl (C=O) groups is 2. The van der Waals surface area contributed by atoms with E-state index in [1.807, 2.05) is 60.7 Å². The molecule has 3 aromatic rings. The lowest BCUT2D eigenvalue weighted by atomic mass is 9.70. The van der Waals surface area contributed by atoms with Crippen molar-refractivity contribution < 1.29 is 19.4 Å². The molecule has 1 aliphatic rings. The zero-order valence-electron chi connectivity index (χ0n) is 20.1. The van der Waals surface area contributed by atoms with Crippen molar-refractivity contribution in [2.45, 2.75) is 45.3 Å². The highest BCUT2D eigenvalue weighted by Gasteiger charge is 2.53. The van der Waals surface area contributed by atoms with Crippen molar-refractivity contribution in [2.75, 3.05) is 0 Å². The normalized spacial score (nSPS) is 20.4. The average Bonchev–Trinajstić information content (AvgIpc) is 3.27. The Balaban J connectivity index is 1.80. The van der Waals surface area contributed by atoms with E-state index in [0.29, 0.717) is 29.0 Å². The van der Waals surface area contributed by atoms with Crippen LogP contribution >= 0.6 is 11.6 Å². The first-order valence-corrected chi connectivity index (χ1v) is 12.2. The predicted molar refractivity (Wildman–Crippen MR) is 135 cm³/mol. The van der Waals surface area contributed by atoms with Crippen molar-refractivity contribution in [3.8, 4) is 0 Å². The number of Topliss-reactive ketones (excluding diaryl/α,β-unsaturated/α-hetero) is 1. The van der Waals surface area contributed by atoms with Crippen molar-refractivity contribution in [2.24, 2.45) is 17.3 Å². The first kappa shape index (κ1) is 25.1. The van der Waals surface area contributed by atoms with E-state index >= 15 is 0 Å². The summed E-state index contributed by atoms with van der Waals surface area (Å²) in [6.45, 7) is 5.39. The average molecular weight is 492 g/mol. The summed E-state index contributed by atoms with van der Waals surface area (Å²) in [5.41, 5.74) is -0.573. The van der Waals surface area contributed by atoms with Crippen LogP contribution in [0.1, 0.15) is 55.2 Å². The zero-order chi connectivity index (χ0) is 25.2. The molecule has 0 spiro atoms. The van der Waals surface area contributed by atoms with Gasteiger partial charge in [0.2, 0.25) is 0 Å². The lowest BCUT2D eigenvalue weighted by Crippen LogP contribution is -2.41. The summed E-state index contributed by atoms with van der Waals surface area (Å²) in [5.74, 6) is -1.75. The van der Waals surface area contributed by atoms with Crippen LogP contribution in [0.3, 0.4) is 0 Å². The van der Waals surface area contributed by atoms with E-state index in [0.717, 1.165) is 0 Å². The summed E-state index contributed by atoms with van der Waals surface area (Å²) in [5, 5.41) is 12.9. The fraction of sp³-hybridized carbons (Fsp3) is 0.345. The fourth-order valence-corrected chi connectivity index (χ4v) is 5.04. The smallest absolute Gasteiger partial charge is 0.311 e. The van der Waals surface area contributed by atoms with Gasteiger partial charge in [-0.3, -0.25) is 14.6 Å². The largest absolute Gasteiger partial charge is 0.462 e. The lowest BCUT2D eigenvalue weighted by molar-refractivity contribution is -0.158. The molecule has 1 aliphatic carbocycles. The molecule has 0 amide bonds. The highest BCUT2D eigenvalue weighted by atomic mass is 35.5. The van der Waals surface area contributed by atoms with Gasteiger partial charge in [-0.05, 0) is 56.9 Å². The molecule has 1 saturated carbocycles. The molecule has 182 valence electrons. The number of halogens is 1. The lowest BCUT2D eigenvalue weighted by Gasteiger charge is -2.38. The Labute approximate surface area is 211 Å². The van der Waals surface area contributed by atoms with Crippen LogP contribution in [0.4, 0.5) is 0 Å². The standard InChI is InChI=1S/C29H30ClNO4/c1-28(2,3)27(33)35-22-17-23(26(32)25-16-21(30)14-15-31-25)24(18-22)29(34,19-10-6-4-7-11-19)20-12-8-5-9-13-20/h4-16,22-24,34H,17-18H2,1-3H3/t22?,23?,24-/m1/s1. The van der Waals surface area contributed by atoms with Crippen molar-refractivity contribution in [1.29, 1.82) is 0 Å². The van der Waals surface area contributed by atoms with E-state index < -0.39 is 29.0 Å². The van der Waals surface area contributed by atoms with Crippen LogP contribution in [-0.4, -0.2) is 27.9 Å². The number of aliphatic hydroxyl groups is 1. The number of rotatable bonds is 6. The van der Waals surface area contributed by atoms with Crippen LogP contribution in [-0.2, 0) is 15.1 Å². The topological polar surface area (TPSA) is 76.5 Å². The Kier molecular flexibility index (Phi) is 7.11. The van der Waals surface area contributed by atoms with E-state index in [1.165, 1.54) is 6.20 Å². The van der Waals surface area contributed by atoms with Gasteiger partial charge in [0, 0.05) is 23.1 Å². The van der Waals surface area contributed by atoms with E-state index in [1.54, 1.807) is 32.9 Å². The van der Waals surface area contributed by atoms with Gasteiger partial charge in [0.1, 0.15) is 17.4 Å². The van der Waals surface area contributed by atoms with Crippen LogP contribution in [0.25, 0.3) is 0 Å². The summed E-state index contributed by atoms with van der Waals surface area (Å²) in [6, 6.07) is 21.8. The molecule has 6 heteroatoms. The second-order valence-corrected chi connectivity index (χ2v) is 10.6. The van der Waals surface area contributed by atoms with E-state index in [9.17, 15) is 14.7 Å². The maximum absolute atomic E-state index is 13.8. The van der Waals surface area contributed by atoms with E-state index in [4.69, 9.17) is 16.3 Å². The molecule has 1 fully saturated rings. The zero-order valence-corrected chi connectivity index (χ0v) is 20.9. The van der Waals surface area contributed by atoms with Gasteiger partial charge in [-0.15, -0.1) is 0 Å². The molecule has 1 N–H and O–H groups in total. The summed E-state index contributed by atoms with van der Waals surface area (Å²) < 4.78 is 5.86. The second kappa shape index (κ2) is 9.92. The van der Waals surface area contributed by atoms with Crippen LogP contribution < -0.4 is 0 Å². The van der Waals surface area contributed by atoms with Gasteiger partial charge in [0.05, 0.1) is 5.41 Å². The molecule has 35 heavy (non-hydrogen) atoms. The van der Waals surface area contributed by atoms with Gasteiger partial charge in [-0.25, -0.2) is 0 Å². The summed E-state index contributed by atoms with van der Waals surface area (Å²) in [6.07, 6.45) is 1.61. The number of carbonyl (C=O) groups excluding carboxylic acids is 2. The van der Waals surface area contributed by atoms with E-state index in [2.05, 4.69) is 4.98 Å². The number of nitrogens with zero attached hydrogens (tertiary/aromatic N) is 1. The minimum absolute atomic E-state index is 0.225. The van der Waals surface area contributed by atoms with Gasteiger partial charge in [-0.1, -0.05) is 72.3 Å². The molecule has 4 rings (SSSR count). The van der Waals surface area contributed by atoms with Crippen molar-refractivity contribution >= 4 is 23.4 Å². The SMILES string of the molecule is CC(C)(C)C(=O)OC1CC(C(=O)c2cc(Cl)ccn2)[C@H](C(O)(c2ccccc2)c2ccccc2)C1. The van der Waals surface area contributed by atoms with Gasteiger partial charge in [0.25, 0.3) is 0 Å². The maximum atomic E-state index is 13.8. The summed E-state index contributed by atoms with van der Waals surface area (Å²) in [7, 11) is 0. The third-order valence-corrected chi connectivity index (χ3v) is 6.92. The molecule has 2 unspecified atom stereocenters. The molecular weight excluding hydrogens is 462 g/mol. The molecule has 0 radical (unpaired) electrons. The Bertz CT molecular complexity index is 1150. The highest BCUT2D eigenvalue weighted by molar-refractivity contribution is 6.30. The Morgan fingerprint density at radius 3 is 2.03 bits per heavy atom. The number of benzene rings is 2. The van der Waals surface area contributed by atoms with Gasteiger partial charge in [-0.2, -0.15) is 0 Å². The Morgan fingerprint density at radius 1 is 0.943 bits per heavy atom. The number of ether oxygens (including phenoxy) is 1. The first-order valence-electron chi connectivity index (χ1n) is 11.8. The fourth-order valence-electron chi connectivity index (χ4n) is 4.88. The number of ketones is 1. The Morgan fingerprint density at radius 2 is 1.51 bits per heavy atom. The molecule has 3 atom stereocenters. The van der Waals surface area contributed by atoms with Gasteiger partial charge >= 0.3 is 5.97 Å². The molecule has 0 bridgehead atoms. The van der Waals surface area contributed by atoms with Crippen LogP contribution in [0, 0.1) is 17.3 Å². The number of hydrogen-bond donors (Lipinski definition) is 1. The van der Waals surface area contributed by atoms with Gasteiger partial charge in [0.15, 0.2) is 5.78 Å². The van der Waals surface area contributed by atoms with Crippen LogP contribution in [0.5, 0.6) is 0 Å². The number of esters is 1. The van der Waals surface area contributed by atoms with Gasteiger partial charge < -0.3 is 9.84 Å². The van der Waals surface area contributed by atoms with Crippen LogP contribution in [0.15, 0.2) is 79.0 Å². The minimum Gasteiger partial charge on any atom is -0.462 e. The third kappa shape index (κ3) is 5.16. The minimum atomic E-state index is -1.48. The summed E-state index contributed by atoms with van der Waals surface area (Å²) >= 11 is 6.15. The van der Waals surface area contributed by atoms with Crippen molar-refractivity contribution in [3.05, 3.63) is 101 Å². The molecule has 5 nitrogen and oxygen atoms in total. The monoisotopic (exact) mass is 491 g/mol. The highest BCUT2D eigenvalue weighted by Crippen LogP contribution is 2.50. The molecule has 2 aromatic carbocycles. The van der Waals surface area contributed by atoms with E-state index in [-0.39, 0.29) is 17.4 Å². The number of pyridine rings is 1. The molecule has 0 saturated heterocycles. The number of aromatic nitrogens is 1. The second-order valence-electron chi connectivity index (χ2n) is 10.2. The predicted octanol–water partition coefficient (Wildman–Crippen LogP) is 5.84. The molecule has 1 aromatic heterocycles. The molecule has 0 aliphatic heterocycles. The van der Waals surface area contributed by atoms with Crippen molar-refractivity contribution in [1.82, 2.24) is 4.98 Å². The summed E-state index contributed by atoms with van der Waals surface area (Å²) in [4.78, 5) is 30.7. The third-order valence-electron chi connectivity index (χ3n) is 6.68. The molecular formula is C29H30ClNO4. The van der Waals surface area contributed by atoms with Crippen LogP contribution in [0.2, 0.25) is 5.02 Å². The first-order chi connectivity index (χ1) is 16.6. The quantitative estimate of drug-likeness (QED) is 0.346.